The zero-order chi connectivity index (χ0) is 17.9. The molecule has 0 unspecified atom stereocenters. The molecule has 0 aliphatic carbocycles. The van der Waals surface area contributed by atoms with E-state index < -0.39 is 0 Å². The molecule has 2 rings (SSSR count). The predicted molar refractivity (Wildman–Crippen MR) is 95.0 cm³/mol. The number of amides is 1. The Morgan fingerprint density at radius 2 is 1.79 bits per heavy atom. The fourth-order valence-corrected chi connectivity index (χ4v) is 3.07. The van der Waals surface area contributed by atoms with Crippen molar-refractivity contribution in [1.82, 2.24) is 9.88 Å². The van der Waals surface area contributed by atoms with Crippen LogP contribution in [-0.2, 0) is 6.54 Å². The van der Waals surface area contributed by atoms with Crippen molar-refractivity contribution in [3.05, 3.63) is 46.8 Å². The van der Waals surface area contributed by atoms with E-state index >= 15 is 0 Å². The van der Waals surface area contributed by atoms with Gasteiger partial charge in [0.15, 0.2) is 11.5 Å². The molecule has 1 N–H and O–H groups in total. The first-order valence-corrected chi connectivity index (χ1v) is 8.06. The third kappa shape index (κ3) is 3.55. The van der Waals surface area contributed by atoms with Crippen LogP contribution in [0.1, 0.15) is 47.2 Å². The minimum Gasteiger partial charge on any atom is -0.493 e. The van der Waals surface area contributed by atoms with Crippen LogP contribution in [0.3, 0.4) is 0 Å². The molecule has 0 fully saturated rings. The van der Waals surface area contributed by atoms with E-state index in [1.807, 2.05) is 0 Å². The number of carbonyl (C=O) groups excluding carboxylic acids is 1. The van der Waals surface area contributed by atoms with Gasteiger partial charge in [0.25, 0.3) is 5.91 Å². The van der Waals surface area contributed by atoms with Crippen molar-refractivity contribution in [2.45, 2.75) is 40.3 Å². The summed E-state index contributed by atoms with van der Waals surface area (Å²) in [6.45, 7) is 9.00. The summed E-state index contributed by atoms with van der Waals surface area (Å²) in [4.78, 5) is 12.4. The number of benzene rings is 1. The quantitative estimate of drug-likeness (QED) is 0.880. The Morgan fingerprint density at radius 3 is 2.33 bits per heavy atom. The van der Waals surface area contributed by atoms with E-state index in [0.717, 1.165) is 5.56 Å². The SMILES string of the molecule is COc1ccc(C(=O)NCc2cc(C)n(C(C)C)c2C)cc1OC. The number of aryl methyl sites for hydroxylation is 1. The van der Waals surface area contributed by atoms with Crippen LogP contribution in [0.15, 0.2) is 24.3 Å². The Labute approximate surface area is 143 Å². The second-order valence-electron chi connectivity index (χ2n) is 6.11. The van der Waals surface area contributed by atoms with Crippen LogP contribution < -0.4 is 14.8 Å². The van der Waals surface area contributed by atoms with E-state index in [-0.39, 0.29) is 5.91 Å². The van der Waals surface area contributed by atoms with Crippen molar-refractivity contribution in [3.63, 3.8) is 0 Å². The first-order valence-electron chi connectivity index (χ1n) is 8.06. The second kappa shape index (κ2) is 7.43. The van der Waals surface area contributed by atoms with Crippen LogP contribution >= 0.6 is 0 Å². The van der Waals surface area contributed by atoms with E-state index in [4.69, 9.17) is 9.47 Å². The third-order valence-electron chi connectivity index (χ3n) is 4.19. The molecule has 5 nitrogen and oxygen atoms in total. The van der Waals surface area contributed by atoms with Crippen LogP contribution in [0.25, 0.3) is 0 Å². The summed E-state index contributed by atoms with van der Waals surface area (Å²) >= 11 is 0. The molecule has 24 heavy (non-hydrogen) atoms. The van der Waals surface area contributed by atoms with Gasteiger partial charge in [-0.05, 0) is 57.5 Å². The van der Waals surface area contributed by atoms with Gasteiger partial charge >= 0.3 is 0 Å². The minimum atomic E-state index is -0.134. The molecule has 0 aliphatic rings. The van der Waals surface area contributed by atoms with Crippen LogP contribution in [0.5, 0.6) is 11.5 Å². The molecule has 130 valence electrons. The van der Waals surface area contributed by atoms with Crippen molar-refractivity contribution in [2.24, 2.45) is 0 Å². The first kappa shape index (κ1) is 17.9. The Kier molecular flexibility index (Phi) is 5.54. The van der Waals surface area contributed by atoms with Crippen molar-refractivity contribution in [2.75, 3.05) is 14.2 Å². The van der Waals surface area contributed by atoms with Gasteiger partial charge in [-0.2, -0.15) is 0 Å². The summed E-state index contributed by atoms with van der Waals surface area (Å²) in [5, 5.41) is 2.98. The highest BCUT2D eigenvalue weighted by Gasteiger charge is 2.14. The summed E-state index contributed by atoms with van der Waals surface area (Å²) in [6.07, 6.45) is 0. The summed E-state index contributed by atoms with van der Waals surface area (Å²) in [5.41, 5.74) is 4.08. The molecule has 0 saturated heterocycles. The smallest absolute Gasteiger partial charge is 0.251 e. The van der Waals surface area contributed by atoms with Crippen molar-refractivity contribution in [3.8, 4) is 11.5 Å². The number of aromatic nitrogens is 1. The number of hydrogen-bond acceptors (Lipinski definition) is 3. The fraction of sp³-hybridized carbons (Fsp3) is 0.421. The highest BCUT2D eigenvalue weighted by Crippen LogP contribution is 2.27. The van der Waals surface area contributed by atoms with Gasteiger partial charge in [0.05, 0.1) is 14.2 Å². The number of rotatable bonds is 6. The zero-order valence-electron chi connectivity index (χ0n) is 15.3. The van der Waals surface area contributed by atoms with Gasteiger partial charge in [-0.3, -0.25) is 4.79 Å². The largest absolute Gasteiger partial charge is 0.493 e. The number of methoxy groups -OCH3 is 2. The lowest BCUT2D eigenvalue weighted by Crippen LogP contribution is -2.23. The number of ether oxygens (including phenoxy) is 2. The number of nitrogens with zero attached hydrogens (tertiary/aromatic N) is 1. The lowest BCUT2D eigenvalue weighted by molar-refractivity contribution is 0.0950. The second-order valence-corrected chi connectivity index (χ2v) is 6.11. The minimum absolute atomic E-state index is 0.134. The van der Waals surface area contributed by atoms with Crippen molar-refractivity contribution < 1.29 is 14.3 Å². The van der Waals surface area contributed by atoms with Gasteiger partial charge in [-0.1, -0.05) is 0 Å². The molecule has 0 radical (unpaired) electrons. The highest BCUT2D eigenvalue weighted by atomic mass is 16.5. The molecule has 1 heterocycles. The van der Waals surface area contributed by atoms with E-state index in [2.05, 4.69) is 43.6 Å². The fourth-order valence-electron chi connectivity index (χ4n) is 3.07. The summed E-state index contributed by atoms with van der Waals surface area (Å²) in [5.74, 6) is 1.02. The molecule has 1 aromatic heterocycles. The molecule has 5 heteroatoms. The molecular formula is C19H26N2O3. The van der Waals surface area contributed by atoms with E-state index in [1.54, 1.807) is 32.4 Å². The monoisotopic (exact) mass is 330 g/mol. The van der Waals surface area contributed by atoms with Gasteiger partial charge < -0.3 is 19.4 Å². The molecule has 0 spiro atoms. The highest BCUT2D eigenvalue weighted by molar-refractivity contribution is 5.94. The van der Waals surface area contributed by atoms with E-state index in [9.17, 15) is 4.79 Å². The van der Waals surface area contributed by atoms with Gasteiger partial charge in [0.1, 0.15) is 0 Å². The number of nitrogens with one attached hydrogen (secondary N) is 1. The molecule has 2 aromatic rings. The molecule has 0 aliphatic heterocycles. The van der Waals surface area contributed by atoms with Gasteiger partial charge in [0.2, 0.25) is 0 Å². The van der Waals surface area contributed by atoms with Gasteiger partial charge in [0, 0.05) is 29.5 Å². The summed E-state index contributed by atoms with van der Waals surface area (Å²) < 4.78 is 12.7. The Balaban J connectivity index is 2.13. The maximum atomic E-state index is 12.4. The van der Waals surface area contributed by atoms with Crippen molar-refractivity contribution in [1.29, 1.82) is 0 Å². The Bertz CT molecular complexity index is 732. The molecule has 0 atom stereocenters. The standard InChI is InChI=1S/C19H26N2O3/c1-12(2)21-13(3)9-16(14(21)4)11-20-19(22)15-7-8-17(23-5)18(10-15)24-6/h7-10,12H,11H2,1-6H3,(H,20,22). The number of carbonyl (C=O) groups is 1. The lowest BCUT2D eigenvalue weighted by Gasteiger charge is -2.14. The topological polar surface area (TPSA) is 52.5 Å². The first-order chi connectivity index (χ1) is 11.4. The maximum Gasteiger partial charge on any atom is 0.251 e. The molecule has 0 saturated carbocycles. The predicted octanol–water partition coefficient (Wildman–Crippen LogP) is 3.63. The summed E-state index contributed by atoms with van der Waals surface area (Å²) in [6, 6.07) is 7.68. The normalized spacial score (nSPS) is 10.8. The summed E-state index contributed by atoms with van der Waals surface area (Å²) in [7, 11) is 3.13. The van der Waals surface area contributed by atoms with Crippen molar-refractivity contribution >= 4 is 5.91 Å². The Hall–Kier alpha value is -2.43. The average Bonchev–Trinajstić information content (AvgIpc) is 2.85. The van der Waals surface area contributed by atoms with Crippen LogP contribution in [0.2, 0.25) is 0 Å². The lowest BCUT2D eigenvalue weighted by atomic mass is 10.1. The molecule has 1 amide bonds. The van der Waals surface area contributed by atoms with E-state index in [0.29, 0.717) is 29.6 Å². The zero-order valence-corrected chi connectivity index (χ0v) is 15.3. The van der Waals surface area contributed by atoms with E-state index in [1.165, 1.54) is 11.4 Å². The van der Waals surface area contributed by atoms with Crippen LogP contribution in [0, 0.1) is 13.8 Å². The van der Waals surface area contributed by atoms with Gasteiger partial charge in [-0.15, -0.1) is 0 Å². The Morgan fingerprint density at radius 1 is 1.12 bits per heavy atom. The average molecular weight is 330 g/mol. The third-order valence-corrected chi connectivity index (χ3v) is 4.19. The molecule has 0 bridgehead atoms. The molecular weight excluding hydrogens is 304 g/mol. The maximum absolute atomic E-state index is 12.4. The van der Waals surface area contributed by atoms with Crippen LogP contribution in [0.4, 0.5) is 0 Å². The van der Waals surface area contributed by atoms with Crippen LogP contribution in [-0.4, -0.2) is 24.7 Å². The molecule has 1 aromatic carbocycles. The van der Waals surface area contributed by atoms with Gasteiger partial charge in [-0.25, -0.2) is 0 Å². The number of hydrogen-bond donors (Lipinski definition) is 1.